The molecule has 2 heterocycles. The number of rotatable bonds is 6. The molecule has 17 heavy (non-hydrogen) atoms. The quantitative estimate of drug-likeness (QED) is 0.756. The van der Waals surface area contributed by atoms with Crippen molar-refractivity contribution in [1.29, 1.82) is 0 Å². The molecular weight excluding hydrogens is 218 g/mol. The number of hydrogen-bond acceptors (Lipinski definition) is 4. The Hall–Kier alpha value is -1.46. The molecule has 0 aromatic carbocycles. The normalized spacial score (nSPS) is 11.2. The van der Waals surface area contributed by atoms with Crippen molar-refractivity contribution in [3.63, 3.8) is 0 Å². The molecule has 2 rings (SSSR count). The highest BCUT2D eigenvalue weighted by molar-refractivity contribution is 5.71. The molecule has 2 aromatic rings. The summed E-state index contributed by atoms with van der Waals surface area (Å²) in [6, 6.07) is 3.87. The van der Waals surface area contributed by atoms with Crippen LogP contribution in [0.5, 0.6) is 0 Å². The van der Waals surface area contributed by atoms with Crippen LogP contribution in [0.15, 0.2) is 18.3 Å². The van der Waals surface area contributed by atoms with Crippen molar-refractivity contribution in [2.24, 2.45) is 0 Å². The lowest BCUT2D eigenvalue weighted by Crippen LogP contribution is -2.10. The summed E-state index contributed by atoms with van der Waals surface area (Å²) in [6.07, 6.45) is 2.57. The molecule has 0 saturated carbocycles. The number of imidazole rings is 1. The molecule has 0 saturated heterocycles. The third-order valence-electron chi connectivity index (χ3n) is 2.63. The van der Waals surface area contributed by atoms with Gasteiger partial charge in [0.1, 0.15) is 11.3 Å². The average molecular weight is 235 g/mol. The van der Waals surface area contributed by atoms with Gasteiger partial charge in [0.2, 0.25) is 0 Å². The van der Waals surface area contributed by atoms with Crippen molar-refractivity contribution in [3.05, 3.63) is 24.2 Å². The third kappa shape index (κ3) is 2.62. The number of methoxy groups -OCH3 is 2. The minimum atomic E-state index is 0.655. The molecule has 92 valence electrons. The average Bonchev–Trinajstić information content (AvgIpc) is 2.71. The monoisotopic (exact) mass is 235 g/mol. The van der Waals surface area contributed by atoms with Crippen LogP contribution < -0.4 is 0 Å². The number of aromatic nitrogens is 3. The molecule has 0 bridgehead atoms. The molecule has 5 nitrogen and oxygen atoms in total. The van der Waals surface area contributed by atoms with Gasteiger partial charge in [0.25, 0.3) is 0 Å². The zero-order valence-corrected chi connectivity index (χ0v) is 10.2. The Morgan fingerprint density at radius 1 is 1.24 bits per heavy atom. The zero-order chi connectivity index (χ0) is 12.1. The van der Waals surface area contributed by atoms with Gasteiger partial charge in [-0.2, -0.15) is 0 Å². The maximum atomic E-state index is 5.12. The van der Waals surface area contributed by atoms with Crippen molar-refractivity contribution in [3.8, 4) is 0 Å². The van der Waals surface area contributed by atoms with Crippen molar-refractivity contribution in [2.45, 2.75) is 13.0 Å². The van der Waals surface area contributed by atoms with Crippen molar-refractivity contribution < 1.29 is 9.47 Å². The van der Waals surface area contributed by atoms with Crippen LogP contribution in [0.25, 0.3) is 11.2 Å². The van der Waals surface area contributed by atoms with E-state index in [0.717, 1.165) is 30.0 Å². The third-order valence-corrected chi connectivity index (χ3v) is 2.63. The molecule has 0 N–H and O–H groups in total. The minimum absolute atomic E-state index is 0.655. The van der Waals surface area contributed by atoms with Crippen LogP contribution in [0, 0.1) is 0 Å². The maximum absolute atomic E-state index is 5.12. The lowest BCUT2D eigenvalue weighted by Gasteiger charge is -2.07. The highest BCUT2D eigenvalue weighted by Gasteiger charge is 2.10. The second kappa shape index (κ2) is 5.75. The summed E-state index contributed by atoms with van der Waals surface area (Å²) < 4.78 is 12.3. The number of hydrogen-bond donors (Lipinski definition) is 0. The molecule has 2 aromatic heterocycles. The standard InChI is InChI=1S/C12H17N3O2/c1-16-8-5-11-14-10-4-3-6-13-12(10)15(11)7-9-17-2/h3-4,6H,5,7-9H2,1-2H3. The summed E-state index contributed by atoms with van der Waals surface area (Å²) in [5.74, 6) is 0.998. The second-order valence-electron chi connectivity index (χ2n) is 3.76. The summed E-state index contributed by atoms with van der Waals surface area (Å²) >= 11 is 0. The van der Waals surface area contributed by atoms with Gasteiger partial charge in [0, 0.05) is 33.4 Å². The highest BCUT2D eigenvalue weighted by Crippen LogP contribution is 2.13. The maximum Gasteiger partial charge on any atom is 0.160 e. The van der Waals surface area contributed by atoms with E-state index in [0.29, 0.717) is 13.2 Å². The predicted octanol–water partition coefficient (Wildman–Crippen LogP) is 1.27. The SMILES string of the molecule is COCCc1nc2cccnc2n1CCOC. The molecular formula is C12H17N3O2. The van der Waals surface area contributed by atoms with Gasteiger partial charge in [-0.25, -0.2) is 9.97 Å². The highest BCUT2D eigenvalue weighted by atomic mass is 16.5. The van der Waals surface area contributed by atoms with E-state index in [9.17, 15) is 0 Å². The zero-order valence-electron chi connectivity index (χ0n) is 10.2. The molecule has 5 heteroatoms. The van der Waals surface area contributed by atoms with Crippen LogP contribution in [0.1, 0.15) is 5.82 Å². The minimum Gasteiger partial charge on any atom is -0.384 e. The molecule has 0 aliphatic carbocycles. The van der Waals surface area contributed by atoms with E-state index >= 15 is 0 Å². The summed E-state index contributed by atoms with van der Waals surface area (Å²) in [4.78, 5) is 8.93. The van der Waals surface area contributed by atoms with Gasteiger partial charge in [-0.1, -0.05) is 0 Å². The first-order valence-corrected chi connectivity index (χ1v) is 5.65. The fourth-order valence-corrected chi connectivity index (χ4v) is 1.81. The van der Waals surface area contributed by atoms with E-state index in [4.69, 9.17) is 9.47 Å². The lowest BCUT2D eigenvalue weighted by molar-refractivity contribution is 0.183. The van der Waals surface area contributed by atoms with Crippen molar-refractivity contribution >= 4 is 11.2 Å². The molecule has 0 radical (unpaired) electrons. The van der Waals surface area contributed by atoms with E-state index in [1.165, 1.54) is 0 Å². The van der Waals surface area contributed by atoms with Gasteiger partial charge in [0.05, 0.1) is 13.2 Å². The molecule has 0 fully saturated rings. The Morgan fingerprint density at radius 2 is 2.06 bits per heavy atom. The Balaban J connectivity index is 2.34. The first-order chi connectivity index (χ1) is 8.36. The van der Waals surface area contributed by atoms with E-state index in [1.807, 2.05) is 12.1 Å². The van der Waals surface area contributed by atoms with Gasteiger partial charge in [0.15, 0.2) is 5.65 Å². The van der Waals surface area contributed by atoms with Crippen LogP contribution in [0.4, 0.5) is 0 Å². The van der Waals surface area contributed by atoms with E-state index in [2.05, 4.69) is 14.5 Å². The number of nitrogens with zero attached hydrogens (tertiary/aromatic N) is 3. The molecule has 0 spiro atoms. The predicted molar refractivity (Wildman–Crippen MR) is 65.0 cm³/mol. The Morgan fingerprint density at radius 3 is 2.82 bits per heavy atom. The summed E-state index contributed by atoms with van der Waals surface area (Å²) in [7, 11) is 3.39. The van der Waals surface area contributed by atoms with Crippen LogP contribution in [-0.4, -0.2) is 42.0 Å². The topological polar surface area (TPSA) is 49.2 Å². The van der Waals surface area contributed by atoms with E-state index in [1.54, 1.807) is 20.4 Å². The summed E-state index contributed by atoms with van der Waals surface area (Å²) in [6.45, 7) is 2.08. The summed E-state index contributed by atoms with van der Waals surface area (Å²) in [5, 5.41) is 0. The number of pyridine rings is 1. The van der Waals surface area contributed by atoms with Crippen molar-refractivity contribution in [1.82, 2.24) is 14.5 Å². The molecule has 0 atom stereocenters. The van der Waals surface area contributed by atoms with Crippen LogP contribution in [0.2, 0.25) is 0 Å². The fraction of sp³-hybridized carbons (Fsp3) is 0.500. The van der Waals surface area contributed by atoms with Crippen LogP contribution in [-0.2, 0) is 22.4 Å². The first-order valence-electron chi connectivity index (χ1n) is 5.65. The molecule has 0 amide bonds. The van der Waals surface area contributed by atoms with Gasteiger partial charge in [-0.05, 0) is 12.1 Å². The Labute approximate surface area is 100 Å². The number of fused-ring (bicyclic) bond motifs is 1. The summed E-state index contributed by atoms with van der Waals surface area (Å²) in [5.41, 5.74) is 1.84. The largest absolute Gasteiger partial charge is 0.384 e. The fourth-order valence-electron chi connectivity index (χ4n) is 1.81. The van der Waals surface area contributed by atoms with Crippen LogP contribution >= 0.6 is 0 Å². The van der Waals surface area contributed by atoms with Gasteiger partial charge >= 0.3 is 0 Å². The molecule has 0 aliphatic heterocycles. The second-order valence-corrected chi connectivity index (χ2v) is 3.76. The van der Waals surface area contributed by atoms with Crippen molar-refractivity contribution in [2.75, 3.05) is 27.4 Å². The van der Waals surface area contributed by atoms with E-state index in [-0.39, 0.29) is 0 Å². The number of ether oxygens (including phenoxy) is 2. The Bertz CT molecular complexity index is 482. The Kier molecular flexibility index (Phi) is 4.06. The van der Waals surface area contributed by atoms with Gasteiger partial charge in [-0.3, -0.25) is 0 Å². The van der Waals surface area contributed by atoms with Gasteiger partial charge < -0.3 is 14.0 Å². The van der Waals surface area contributed by atoms with Crippen LogP contribution in [0.3, 0.4) is 0 Å². The molecule has 0 unspecified atom stereocenters. The van der Waals surface area contributed by atoms with E-state index < -0.39 is 0 Å². The molecule has 0 aliphatic rings. The smallest absolute Gasteiger partial charge is 0.160 e. The lowest BCUT2D eigenvalue weighted by atomic mass is 10.4. The first kappa shape index (κ1) is 12.0. The van der Waals surface area contributed by atoms with Gasteiger partial charge in [-0.15, -0.1) is 0 Å².